The maximum absolute atomic E-state index is 10.1. The van der Waals surface area contributed by atoms with E-state index in [2.05, 4.69) is 26.8 Å². The first-order chi connectivity index (χ1) is 9.00. The molecule has 1 aliphatic carbocycles. The molecule has 0 bridgehead atoms. The number of hydrogen-bond donors (Lipinski definition) is 1. The zero-order chi connectivity index (χ0) is 14.0. The Morgan fingerprint density at radius 1 is 1.53 bits per heavy atom. The lowest BCUT2D eigenvalue weighted by Gasteiger charge is -2.41. The van der Waals surface area contributed by atoms with Crippen LogP contribution in [0.25, 0.3) is 0 Å². The molecule has 0 radical (unpaired) electrons. The molecule has 5 atom stereocenters. The Morgan fingerprint density at radius 2 is 2.21 bits per heavy atom. The number of ether oxygens (including phenoxy) is 3. The number of methoxy groups -OCH3 is 1. The third-order valence-electron chi connectivity index (χ3n) is 4.35. The molecule has 2 aliphatic rings. The van der Waals surface area contributed by atoms with Gasteiger partial charge in [0.05, 0.1) is 37.1 Å². The molecular weight excluding hydrogens is 244 g/mol. The van der Waals surface area contributed by atoms with Crippen molar-refractivity contribution < 1.29 is 19.3 Å². The van der Waals surface area contributed by atoms with Crippen LogP contribution in [0, 0.1) is 5.92 Å². The Labute approximate surface area is 115 Å². The van der Waals surface area contributed by atoms with Crippen LogP contribution in [0.2, 0.25) is 0 Å². The molecule has 2 rings (SSSR count). The van der Waals surface area contributed by atoms with E-state index >= 15 is 0 Å². The van der Waals surface area contributed by atoms with E-state index in [1.807, 2.05) is 0 Å². The Balaban J connectivity index is 2.02. The first-order valence-electron chi connectivity index (χ1n) is 7.10. The molecule has 19 heavy (non-hydrogen) atoms. The zero-order valence-electron chi connectivity index (χ0n) is 12.4. The van der Waals surface area contributed by atoms with Crippen molar-refractivity contribution in [1.82, 2.24) is 0 Å². The van der Waals surface area contributed by atoms with E-state index < -0.39 is 6.10 Å². The van der Waals surface area contributed by atoms with Crippen LogP contribution in [0.1, 0.15) is 33.6 Å². The van der Waals surface area contributed by atoms with E-state index in [1.165, 1.54) is 5.57 Å². The predicted octanol–water partition coefficient (Wildman–Crippen LogP) is 1.91. The first kappa shape index (κ1) is 15.0. The number of aliphatic hydroxyl groups excluding tert-OH is 1. The summed E-state index contributed by atoms with van der Waals surface area (Å²) in [6.45, 7) is 7.53. The van der Waals surface area contributed by atoms with Gasteiger partial charge in [0.1, 0.15) is 0 Å². The topological polar surface area (TPSA) is 51.2 Å². The van der Waals surface area contributed by atoms with Crippen LogP contribution < -0.4 is 0 Å². The smallest absolute Gasteiger partial charge is 0.0996 e. The summed E-state index contributed by atoms with van der Waals surface area (Å²) in [4.78, 5) is 0. The standard InChI is InChI=1S/C15H26O4/c1-10(2)6-8-18-11(3)13-14(17-4)12(16)5-7-15(13)9-19-15/h6,11-14,16H,5,7-9H2,1-4H3/t11-,12+,13-,14+,15-/m0/s1. The second-order valence-electron chi connectivity index (χ2n) is 6.01. The summed E-state index contributed by atoms with van der Waals surface area (Å²) in [7, 11) is 1.66. The molecule has 4 nitrogen and oxygen atoms in total. The predicted molar refractivity (Wildman–Crippen MR) is 73.1 cm³/mol. The molecule has 1 N–H and O–H groups in total. The Bertz CT molecular complexity index is 331. The minimum Gasteiger partial charge on any atom is -0.390 e. The van der Waals surface area contributed by atoms with Crippen molar-refractivity contribution in [3.63, 3.8) is 0 Å². The van der Waals surface area contributed by atoms with Gasteiger partial charge in [-0.05, 0) is 33.6 Å². The lowest BCUT2D eigenvalue weighted by molar-refractivity contribution is -0.136. The molecule has 1 aliphatic heterocycles. The van der Waals surface area contributed by atoms with E-state index in [-0.39, 0.29) is 23.7 Å². The van der Waals surface area contributed by atoms with Gasteiger partial charge in [0, 0.05) is 13.0 Å². The van der Waals surface area contributed by atoms with E-state index in [4.69, 9.17) is 14.2 Å². The monoisotopic (exact) mass is 270 g/mol. The number of hydrogen-bond acceptors (Lipinski definition) is 4. The lowest BCUT2D eigenvalue weighted by Crippen LogP contribution is -2.53. The van der Waals surface area contributed by atoms with Gasteiger partial charge in [-0.25, -0.2) is 0 Å². The van der Waals surface area contributed by atoms with Crippen molar-refractivity contribution in [2.24, 2.45) is 5.92 Å². The van der Waals surface area contributed by atoms with Crippen molar-refractivity contribution in [3.05, 3.63) is 11.6 Å². The highest BCUT2D eigenvalue weighted by Gasteiger charge is 2.60. The largest absolute Gasteiger partial charge is 0.390 e. The highest BCUT2D eigenvalue weighted by molar-refractivity contribution is 5.08. The normalized spacial score (nSPS) is 39.1. The van der Waals surface area contributed by atoms with Crippen molar-refractivity contribution in [1.29, 1.82) is 0 Å². The second-order valence-corrected chi connectivity index (χ2v) is 6.01. The number of allylic oxidation sites excluding steroid dienone is 1. The molecule has 2 fully saturated rings. The van der Waals surface area contributed by atoms with Gasteiger partial charge >= 0.3 is 0 Å². The fraction of sp³-hybridized carbons (Fsp3) is 0.867. The summed E-state index contributed by atoms with van der Waals surface area (Å²) in [5, 5.41) is 10.1. The molecule has 4 heteroatoms. The molecule has 0 aromatic carbocycles. The van der Waals surface area contributed by atoms with E-state index in [0.717, 1.165) is 19.4 Å². The van der Waals surface area contributed by atoms with E-state index in [9.17, 15) is 5.11 Å². The first-order valence-corrected chi connectivity index (χ1v) is 7.10. The third-order valence-corrected chi connectivity index (χ3v) is 4.35. The lowest BCUT2D eigenvalue weighted by atomic mass is 9.73. The molecule has 1 saturated heterocycles. The fourth-order valence-corrected chi connectivity index (χ4v) is 3.16. The summed E-state index contributed by atoms with van der Waals surface area (Å²) >= 11 is 0. The molecule has 0 aromatic rings. The summed E-state index contributed by atoms with van der Waals surface area (Å²) < 4.78 is 17.1. The minimum absolute atomic E-state index is 0.0120. The number of rotatable bonds is 5. The van der Waals surface area contributed by atoms with Gasteiger partial charge in [-0.1, -0.05) is 11.6 Å². The molecular formula is C15H26O4. The van der Waals surface area contributed by atoms with Gasteiger partial charge in [-0.3, -0.25) is 0 Å². The minimum atomic E-state index is -0.417. The van der Waals surface area contributed by atoms with Crippen molar-refractivity contribution in [2.45, 2.75) is 57.5 Å². The number of aliphatic hydroxyl groups is 1. The number of epoxide rings is 1. The van der Waals surface area contributed by atoms with Gasteiger partial charge in [0.25, 0.3) is 0 Å². The van der Waals surface area contributed by atoms with Crippen molar-refractivity contribution in [3.8, 4) is 0 Å². The van der Waals surface area contributed by atoms with Crippen LogP contribution in [0.3, 0.4) is 0 Å². The van der Waals surface area contributed by atoms with Crippen LogP contribution >= 0.6 is 0 Å². The maximum atomic E-state index is 10.1. The van der Waals surface area contributed by atoms with Gasteiger partial charge in [-0.15, -0.1) is 0 Å². The SMILES string of the molecule is CO[C@H]1[C@H]([C@H](C)OCC=C(C)C)[C@]2(CC[C@H]1O)CO2. The van der Waals surface area contributed by atoms with Crippen LogP contribution in [0.5, 0.6) is 0 Å². The summed E-state index contributed by atoms with van der Waals surface area (Å²) in [5.41, 5.74) is 1.13. The van der Waals surface area contributed by atoms with Crippen LogP contribution in [0.4, 0.5) is 0 Å². The summed E-state index contributed by atoms with van der Waals surface area (Å²) in [5.74, 6) is 0.104. The van der Waals surface area contributed by atoms with Crippen LogP contribution in [-0.4, -0.2) is 49.3 Å². The molecule has 0 aromatic heterocycles. The van der Waals surface area contributed by atoms with Crippen molar-refractivity contribution >= 4 is 0 Å². The summed E-state index contributed by atoms with van der Waals surface area (Å²) in [6.07, 6.45) is 3.11. The average Bonchev–Trinajstić information content (AvgIpc) is 3.12. The Hall–Kier alpha value is -0.420. The molecule has 0 unspecified atom stereocenters. The van der Waals surface area contributed by atoms with Gasteiger partial charge in [0.2, 0.25) is 0 Å². The highest BCUT2D eigenvalue weighted by atomic mass is 16.6. The zero-order valence-corrected chi connectivity index (χ0v) is 12.4. The maximum Gasteiger partial charge on any atom is 0.0996 e. The third kappa shape index (κ3) is 3.19. The molecule has 1 saturated carbocycles. The molecule has 0 amide bonds. The Kier molecular flexibility index (Phi) is 4.66. The average molecular weight is 270 g/mol. The molecule has 1 heterocycles. The summed E-state index contributed by atoms with van der Waals surface area (Å²) in [6, 6.07) is 0. The Morgan fingerprint density at radius 3 is 2.74 bits per heavy atom. The van der Waals surface area contributed by atoms with Gasteiger partial charge < -0.3 is 19.3 Å². The van der Waals surface area contributed by atoms with Crippen molar-refractivity contribution in [2.75, 3.05) is 20.3 Å². The molecule has 1 spiro atoms. The quantitative estimate of drug-likeness (QED) is 0.612. The highest BCUT2D eigenvalue weighted by Crippen LogP contribution is 2.49. The molecule has 110 valence electrons. The van der Waals surface area contributed by atoms with Crippen LogP contribution in [0.15, 0.2) is 11.6 Å². The fourth-order valence-electron chi connectivity index (χ4n) is 3.16. The van der Waals surface area contributed by atoms with E-state index in [1.54, 1.807) is 7.11 Å². The van der Waals surface area contributed by atoms with E-state index in [0.29, 0.717) is 6.61 Å². The van der Waals surface area contributed by atoms with Gasteiger partial charge in [0.15, 0.2) is 0 Å². The van der Waals surface area contributed by atoms with Crippen LogP contribution in [-0.2, 0) is 14.2 Å². The second kappa shape index (κ2) is 5.92. The van der Waals surface area contributed by atoms with Gasteiger partial charge in [-0.2, -0.15) is 0 Å².